The first-order valence-corrected chi connectivity index (χ1v) is 8.14. The second kappa shape index (κ2) is 5.62. The van der Waals surface area contributed by atoms with Crippen LogP contribution in [-0.4, -0.2) is 38.3 Å². The van der Waals surface area contributed by atoms with Gasteiger partial charge in [0.25, 0.3) is 0 Å². The highest BCUT2D eigenvalue weighted by Crippen LogP contribution is 2.33. The van der Waals surface area contributed by atoms with Crippen LogP contribution in [0, 0.1) is 5.41 Å². The van der Waals surface area contributed by atoms with Gasteiger partial charge in [-0.2, -0.15) is 0 Å². The number of nitrogens with one attached hydrogen (secondary N) is 1. The molecule has 0 aromatic heterocycles. The van der Waals surface area contributed by atoms with Gasteiger partial charge in [0.2, 0.25) is 0 Å². The molecule has 1 N–H and O–H groups in total. The Balaban J connectivity index is 1.79. The van der Waals surface area contributed by atoms with E-state index in [0.29, 0.717) is 11.3 Å². The van der Waals surface area contributed by atoms with Crippen LogP contribution in [0.5, 0.6) is 0 Å². The lowest BCUT2D eigenvalue weighted by Gasteiger charge is -2.43. The first kappa shape index (κ1) is 14.9. The largest absolute Gasteiger partial charge is 0.388 e. The van der Waals surface area contributed by atoms with Crippen LogP contribution in [0.3, 0.4) is 0 Å². The molecule has 0 amide bonds. The van der Waals surface area contributed by atoms with Gasteiger partial charge in [-0.3, -0.25) is 4.90 Å². The Hall–Kier alpha value is -1.06. The van der Waals surface area contributed by atoms with E-state index in [4.69, 9.17) is 4.74 Å². The van der Waals surface area contributed by atoms with E-state index in [9.17, 15) is 0 Å². The van der Waals surface area contributed by atoms with Crippen molar-refractivity contribution in [1.29, 1.82) is 0 Å². The molecule has 3 rings (SSSR count). The standard InChI is InChI=1S/C18H28N2O/c1-13(2)16-7-15-9-20(10-18(3)11-21-12-18)6-5-14(15)8-17(16)19-4/h7-8,13,19H,5-6,9-12H2,1-4H3. The van der Waals surface area contributed by atoms with Gasteiger partial charge in [0.15, 0.2) is 0 Å². The van der Waals surface area contributed by atoms with Crippen LogP contribution in [0.15, 0.2) is 12.1 Å². The van der Waals surface area contributed by atoms with Crippen LogP contribution in [0.4, 0.5) is 5.69 Å². The fourth-order valence-electron chi connectivity index (χ4n) is 3.60. The van der Waals surface area contributed by atoms with Crippen molar-refractivity contribution in [2.24, 2.45) is 5.41 Å². The monoisotopic (exact) mass is 288 g/mol. The van der Waals surface area contributed by atoms with E-state index in [1.165, 1.54) is 35.3 Å². The smallest absolute Gasteiger partial charge is 0.0554 e. The summed E-state index contributed by atoms with van der Waals surface area (Å²) in [6.45, 7) is 12.2. The number of anilines is 1. The number of hydrogen-bond acceptors (Lipinski definition) is 3. The molecule has 21 heavy (non-hydrogen) atoms. The fourth-order valence-corrected chi connectivity index (χ4v) is 3.60. The van der Waals surface area contributed by atoms with E-state index < -0.39 is 0 Å². The summed E-state index contributed by atoms with van der Waals surface area (Å²) >= 11 is 0. The topological polar surface area (TPSA) is 24.5 Å². The summed E-state index contributed by atoms with van der Waals surface area (Å²) in [5, 5.41) is 3.36. The molecule has 116 valence electrons. The Morgan fingerprint density at radius 2 is 2.05 bits per heavy atom. The van der Waals surface area contributed by atoms with E-state index in [1.807, 2.05) is 7.05 Å². The van der Waals surface area contributed by atoms with Gasteiger partial charge in [0.05, 0.1) is 13.2 Å². The maximum Gasteiger partial charge on any atom is 0.0554 e. The summed E-state index contributed by atoms with van der Waals surface area (Å²) in [6, 6.07) is 4.80. The minimum Gasteiger partial charge on any atom is -0.388 e. The van der Waals surface area contributed by atoms with E-state index in [2.05, 4.69) is 43.1 Å². The molecule has 0 radical (unpaired) electrons. The zero-order valence-corrected chi connectivity index (χ0v) is 13.8. The van der Waals surface area contributed by atoms with Gasteiger partial charge < -0.3 is 10.1 Å². The Bertz CT molecular complexity index is 520. The lowest BCUT2D eigenvalue weighted by Crippen LogP contribution is -2.49. The maximum absolute atomic E-state index is 5.39. The van der Waals surface area contributed by atoms with Gasteiger partial charge in [-0.15, -0.1) is 0 Å². The Labute approximate surface area is 128 Å². The molecule has 3 nitrogen and oxygen atoms in total. The van der Waals surface area contributed by atoms with E-state index in [-0.39, 0.29) is 0 Å². The van der Waals surface area contributed by atoms with Gasteiger partial charge in [-0.05, 0) is 35.1 Å². The predicted molar refractivity (Wildman–Crippen MR) is 88.0 cm³/mol. The minimum atomic E-state index is 0.378. The van der Waals surface area contributed by atoms with Crippen molar-refractivity contribution in [2.75, 3.05) is 38.7 Å². The van der Waals surface area contributed by atoms with Crippen molar-refractivity contribution < 1.29 is 4.74 Å². The Morgan fingerprint density at radius 3 is 2.62 bits per heavy atom. The van der Waals surface area contributed by atoms with E-state index in [1.54, 1.807) is 0 Å². The second-order valence-corrected chi connectivity index (χ2v) is 7.38. The highest BCUT2D eigenvalue weighted by Gasteiger charge is 2.35. The lowest BCUT2D eigenvalue weighted by atomic mass is 9.86. The molecule has 3 heteroatoms. The van der Waals surface area contributed by atoms with Gasteiger partial charge in [0.1, 0.15) is 0 Å². The predicted octanol–water partition coefficient (Wildman–Crippen LogP) is 3.25. The molecule has 2 aliphatic heterocycles. The van der Waals surface area contributed by atoms with Crippen molar-refractivity contribution in [2.45, 2.75) is 39.7 Å². The van der Waals surface area contributed by atoms with Gasteiger partial charge >= 0.3 is 0 Å². The second-order valence-electron chi connectivity index (χ2n) is 7.38. The molecule has 0 atom stereocenters. The van der Waals surface area contributed by atoms with E-state index in [0.717, 1.165) is 26.3 Å². The first-order valence-electron chi connectivity index (χ1n) is 8.14. The molecule has 2 heterocycles. The number of nitrogens with zero attached hydrogens (tertiary/aromatic N) is 1. The number of fused-ring (bicyclic) bond motifs is 1. The summed E-state index contributed by atoms with van der Waals surface area (Å²) in [6.07, 6.45) is 1.17. The van der Waals surface area contributed by atoms with Crippen molar-refractivity contribution in [3.05, 3.63) is 28.8 Å². The van der Waals surface area contributed by atoms with Crippen LogP contribution in [0.2, 0.25) is 0 Å². The maximum atomic E-state index is 5.39. The summed E-state index contributed by atoms with van der Waals surface area (Å²) in [4.78, 5) is 2.61. The van der Waals surface area contributed by atoms with Crippen LogP contribution in [-0.2, 0) is 17.7 Å². The van der Waals surface area contributed by atoms with Crippen LogP contribution in [0.25, 0.3) is 0 Å². The van der Waals surface area contributed by atoms with Crippen LogP contribution >= 0.6 is 0 Å². The molecule has 0 spiro atoms. The summed E-state index contributed by atoms with van der Waals surface area (Å²) < 4.78 is 5.39. The zero-order valence-electron chi connectivity index (χ0n) is 13.8. The highest BCUT2D eigenvalue weighted by molar-refractivity contribution is 5.57. The highest BCUT2D eigenvalue weighted by atomic mass is 16.5. The third kappa shape index (κ3) is 2.95. The molecule has 1 fully saturated rings. The molecule has 0 bridgehead atoms. The first-order chi connectivity index (χ1) is 10.0. The van der Waals surface area contributed by atoms with Crippen molar-refractivity contribution in [3.8, 4) is 0 Å². The lowest BCUT2D eigenvalue weighted by molar-refractivity contribution is -0.116. The molecule has 0 aliphatic carbocycles. The molecule has 1 aromatic carbocycles. The fraction of sp³-hybridized carbons (Fsp3) is 0.667. The SMILES string of the molecule is CNc1cc2c(cc1C(C)C)CN(CC1(C)COC1)CC2. The normalized spacial score (nSPS) is 21.0. The molecule has 0 saturated carbocycles. The number of rotatable bonds is 4. The quantitative estimate of drug-likeness (QED) is 0.920. The van der Waals surface area contributed by atoms with E-state index >= 15 is 0 Å². The summed E-state index contributed by atoms with van der Waals surface area (Å²) in [7, 11) is 2.03. The Morgan fingerprint density at radius 1 is 1.29 bits per heavy atom. The van der Waals surface area contributed by atoms with Crippen molar-refractivity contribution in [1.82, 2.24) is 4.90 Å². The average Bonchev–Trinajstić information content (AvgIpc) is 2.44. The van der Waals surface area contributed by atoms with Gasteiger partial charge in [-0.25, -0.2) is 0 Å². The van der Waals surface area contributed by atoms with Gasteiger partial charge in [-0.1, -0.05) is 26.8 Å². The number of hydrogen-bond donors (Lipinski definition) is 1. The number of ether oxygens (including phenoxy) is 1. The summed E-state index contributed by atoms with van der Waals surface area (Å²) in [5.41, 5.74) is 6.17. The third-order valence-corrected chi connectivity index (χ3v) is 4.86. The Kier molecular flexibility index (Phi) is 3.98. The number of benzene rings is 1. The zero-order chi connectivity index (χ0) is 15.0. The van der Waals surface area contributed by atoms with Crippen LogP contribution in [0.1, 0.15) is 43.4 Å². The molecule has 0 unspecified atom stereocenters. The molecular weight excluding hydrogens is 260 g/mol. The van der Waals surface area contributed by atoms with Crippen molar-refractivity contribution >= 4 is 5.69 Å². The molecule has 1 saturated heterocycles. The summed E-state index contributed by atoms with van der Waals surface area (Å²) in [5.74, 6) is 0.561. The molecular formula is C18H28N2O. The third-order valence-electron chi connectivity index (χ3n) is 4.86. The molecule has 1 aromatic rings. The van der Waals surface area contributed by atoms with Gasteiger partial charge in [0, 0.05) is 37.8 Å². The van der Waals surface area contributed by atoms with Crippen molar-refractivity contribution in [3.63, 3.8) is 0 Å². The average molecular weight is 288 g/mol. The molecule has 2 aliphatic rings. The van der Waals surface area contributed by atoms with Crippen LogP contribution < -0.4 is 5.32 Å². The minimum absolute atomic E-state index is 0.378.